The molecule has 8 heteroatoms. The second-order valence-corrected chi connectivity index (χ2v) is 7.11. The number of thioether (sulfide) groups is 1. The molecule has 0 unspecified atom stereocenters. The summed E-state index contributed by atoms with van der Waals surface area (Å²) >= 11 is 7.30. The zero-order valence-corrected chi connectivity index (χ0v) is 16.2. The number of rotatable bonds is 5. The van der Waals surface area contributed by atoms with Gasteiger partial charge in [0, 0.05) is 5.02 Å². The van der Waals surface area contributed by atoms with Crippen LogP contribution in [0.1, 0.15) is 30.6 Å². The molecule has 1 aliphatic heterocycles. The maximum atomic E-state index is 13.0. The van der Waals surface area contributed by atoms with Gasteiger partial charge in [0.15, 0.2) is 5.16 Å². The van der Waals surface area contributed by atoms with Gasteiger partial charge in [-0.05, 0) is 43.7 Å². The molecule has 1 aromatic heterocycles. The molecule has 0 saturated heterocycles. The van der Waals surface area contributed by atoms with Crippen LogP contribution < -0.4 is 10.9 Å². The van der Waals surface area contributed by atoms with Gasteiger partial charge in [-0.1, -0.05) is 35.5 Å². The highest BCUT2D eigenvalue weighted by Gasteiger charge is 2.26. The molecule has 26 heavy (non-hydrogen) atoms. The monoisotopic (exact) mass is 393 g/mol. The van der Waals surface area contributed by atoms with Gasteiger partial charge in [-0.2, -0.15) is 0 Å². The molecule has 0 amide bonds. The van der Waals surface area contributed by atoms with Gasteiger partial charge in [-0.15, -0.1) is 0 Å². The van der Waals surface area contributed by atoms with Crippen LogP contribution >= 0.6 is 23.4 Å². The van der Waals surface area contributed by atoms with Gasteiger partial charge in [-0.25, -0.2) is 4.98 Å². The SMILES string of the molecule is CCOC(=O)Cn1c(SC)nc2c(c1=O)N[C@@H](c1ccc(Cl)cc1)CC2. The van der Waals surface area contributed by atoms with Gasteiger partial charge >= 0.3 is 5.97 Å². The van der Waals surface area contributed by atoms with Gasteiger partial charge < -0.3 is 10.1 Å². The zero-order chi connectivity index (χ0) is 18.7. The maximum Gasteiger partial charge on any atom is 0.326 e. The molecule has 2 heterocycles. The summed E-state index contributed by atoms with van der Waals surface area (Å²) in [5, 5.41) is 4.49. The van der Waals surface area contributed by atoms with Crippen LogP contribution in [-0.2, 0) is 22.5 Å². The third-order valence-electron chi connectivity index (χ3n) is 4.24. The third-order valence-corrected chi connectivity index (χ3v) is 5.17. The first-order chi connectivity index (χ1) is 12.5. The minimum absolute atomic E-state index is 0.00504. The van der Waals surface area contributed by atoms with Crippen molar-refractivity contribution in [2.45, 2.75) is 37.5 Å². The smallest absolute Gasteiger partial charge is 0.326 e. The van der Waals surface area contributed by atoms with Crippen molar-refractivity contribution in [3.63, 3.8) is 0 Å². The van der Waals surface area contributed by atoms with Crippen molar-refractivity contribution in [1.29, 1.82) is 0 Å². The van der Waals surface area contributed by atoms with Crippen LogP contribution in [0.15, 0.2) is 34.2 Å². The van der Waals surface area contributed by atoms with Crippen molar-refractivity contribution >= 4 is 35.0 Å². The average Bonchev–Trinajstić information content (AvgIpc) is 2.64. The zero-order valence-electron chi connectivity index (χ0n) is 14.6. The summed E-state index contributed by atoms with van der Waals surface area (Å²) < 4.78 is 6.35. The number of ether oxygens (including phenoxy) is 1. The van der Waals surface area contributed by atoms with Crippen molar-refractivity contribution in [3.05, 3.63) is 50.9 Å². The van der Waals surface area contributed by atoms with Gasteiger partial charge in [0.25, 0.3) is 5.56 Å². The van der Waals surface area contributed by atoms with E-state index in [1.807, 2.05) is 30.5 Å². The molecule has 0 fully saturated rings. The summed E-state index contributed by atoms with van der Waals surface area (Å²) in [6, 6.07) is 7.58. The van der Waals surface area contributed by atoms with E-state index in [0.717, 1.165) is 17.7 Å². The normalized spacial score (nSPS) is 15.9. The fraction of sp³-hybridized carbons (Fsp3) is 0.389. The minimum Gasteiger partial charge on any atom is -0.465 e. The van der Waals surface area contributed by atoms with Crippen LogP contribution in [0.25, 0.3) is 0 Å². The molecule has 6 nitrogen and oxygen atoms in total. The van der Waals surface area contributed by atoms with Crippen LogP contribution in [0.5, 0.6) is 0 Å². The number of aryl methyl sites for hydroxylation is 1. The van der Waals surface area contributed by atoms with E-state index < -0.39 is 5.97 Å². The minimum atomic E-state index is -0.447. The fourth-order valence-corrected chi connectivity index (χ4v) is 3.70. The predicted molar refractivity (Wildman–Crippen MR) is 103 cm³/mol. The summed E-state index contributed by atoms with van der Waals surface area (Å²) in [5.41, 5.74) is 2.01. The number of fused-ring (bicyclic) bond motifs is 1. The molecule has 1 aromatic carbocycles. The van der Waals surface area contributed by atoms with E-state index in [9.17, 15) is 9.59 Å². The Hall–Kier alpha value is -1.99. The van der Waals surface area contributed by atoms with E-state index in [2.05, 4.69) is 10.3 Å². The molecule has 138 valence electrons. The van der Waals surface area contributed by atoms with Crippen LogP contribution in [0.4, 0.5) is 5.69 Å². The lowest BCUT2D eigenvalue weighted by atomic mass is 9.96. The van der Waals surface area contributed by atoms with Crippen molar-refractivity contribution in [2.24, 2.45) is 0 Å². The lowest BCUT2D eigenvalue weighted by molar-refractivity contribution is -0.144. The Morgan fingerprint density at radius 2 is 2.15 bits per heavy atom. The number of hydrogen-bond donors (Lipinski definition) is 1. The Balaban J connectivity index is 1.94. The number of nitrogens with one attached hydrogen (secondary N) is 1. The lowest BCUT2D eigenvalue weighted by Crippen LogP contribution is -2.34. The highest BCUT2D eigenvalue weighted by molar-refractivity contribution is 7.98. The highest BCUT2D eigenvalue weighted by Crippen LogP contribution is 2.31. The van der Waals surface area contributed by atoms with Gasteiger partial charge in [0.05, 0.1) is 18.3 Å². The Morgan fingerprint density at radius 3 is 2.81 bits per heavy atom. The second-order valence-electron chi connectivity index (χ2n) is 5.90. The van der Waals surface area contributed by atoms with E-state index in [0.29, 0.717) is 22.3 Å². The van der Waals surface area contributed by atoms with Gasteiger partial charge in [-0.3, -0.25) is 14.2 Å². The van der Waals surface area contributed by atoms with Gasteiger partial charge in [0.1, 0.15) is 12.2 Å². The largest absolute Gasteiger partial charge is 0.465 e. The van der Waals surface area contributed by atoms with E-state index in [-0.39, 0.29) is 24.8 Å². The molecule has 0 bridgehead atoms. The lowest BCUT2D eigenvalue weighted by Gasteiger charge is -2.27. The molecule has 1 atom stereocenters. The first-order valence-electron chi connectivity index (χ1n) is 8.38. The highest BCUT2D eigenvalue weighted by atomic mass is 35.5. The topological polar surface area (TPSA) is 73.2 Å². The number of anilines is 1. The number of aromatic nitrogens is 2. The number of nitrogens with zero attached hydrogens (tertiary/aromatic N) is 2. The molecule has 0 spiro atoms. The summed E-state index contributed by atoms with van der Waals surface area (Å²) in [6.45, 7) is 1.87. The number of hydrogen-bond acceptors (Lipinski definition) is 6. The van der Waals surface area contributed by atoms with Crippen LogP contribution in [0, 0.1) is 0 Å². The molecule has 1 aliphatic rings. The standard InChI is InChI=1S/C18H20ClN3O3S/c1-3-25-15(23)10-22-17(24)16-14(21-18(22)26-2)9-8-13(20-16)11-4-6-12(19)7-5-11/h4-7,13,20H,3,8-10H2,1-2H3/t13-/m1/s1. The maximum absolute atomic E-state index is 13.0. The number of benzene rings is 1. The van der Waals surface area contributed by atoms with Crippen LogP contribution in [0.2, 0.25) is 5.02 Å². The molecular formula is C18H20ClN3O3S. The fourth-order valence-electron chi connectivity index (χ4n) is 3.01. The molecule has 0 radical (unpaired) electrons. The van der Waals surface area contributed by atoms with E-state index >= 15 is 0 Å². The number of esters is 1. The Labute approximate surface area is 160 Å². The second kappa shape index (κ2) is 8.14. The summed E-state index contributed by atoms with van der Waals surface area (Å²) in [6.07, 6.45) is 3.36. The first kappa shape index (κ1) is 18.8. The Kier molecular flexibility index (Phi) is 5.88. The summed E-state index contributed by atoms with van der Waals surface area (Å²) in [5.74, 6) is -0.447. The predicted octanol–water partition coefficient (Wildman–Crippen LogP) is 3.28. The molecular weight excluding hydrogens is 374 g/mol. The number of carbonyl (C=O) groups is 1. The van der Waals surface area contributed by atoms with E-state index in [1.165, 1.54) is 16.3 Å². The van der Waals surface area contributed by atoms with Crippen molar-refractivity contribution in [2.75, 3.05) is 18.2 Å². The molecule has 0 saturated carbocycles. The third kappa shape index (κ3) is 3.88. The first-order valence-corrected chi connectivity index (χ1v) is 9.99. The van der Waals surface area contributed by atoms with Crippen LogP contribution in [0.3, 0.4) is 0 Å². The summed E-state index contributed by atoms with van der Waals surface area (Å²) in [7, 11) is 0. The van der Waals surface area contributed by atoms with Gasteiger partial charge in [0.2, 0.25) is 0 Å². The molecule has 1 N–H and O–H groups in total. The Morgan fingerprint density at radius 1 is 1.42 bits per heavy atom. The van der Waals surface area contributed by atoms with Crippen molar-refractivity contribution in [1.82, 2.24) is 9.55 Å². The number of carbonyl (C=O) groups excluding carboxylic acids is 1. The molecule has 0 aliphatic carbocycles. The number of halogens is 1. The Bertz CT molecular complexity index is 867. The quantitative estimate of drug-likeness (QED) is 0.477. The van der Waals surface area contributed by atoms with Crippen LogP contribution in [-0.4, -0.2) is 28.4 Å². The molecule has 3 rings (SSSR count). The van der Waals surface area contributed by atoms with Crippen molar-refractivity contribution in [3.8, 4) is 0 Å². The van der Waals surface area contributed by atoms with E-state index in [4.69, 9.17) is 16.3 Å². The van der Waals surface area contributed by atoms with Crippen molar-refractivity contribution < 1.29 is 9.53 Å². The summed E-state index contributed by atoms with van der Waals surface area (Å²) in [4.78, 5) is 29.4. The average molecular weight is 394 g/mol. The van der Waals surface area contributed by atoms with E-state index in [1.54, 1.807) is 6.92 Å². The molecule has 2 aromatic rings.